The van der Waals surface area contributed by atoms with Gasteiger partial charge in [-0.2, -0.15) is 0 Å². The van der Waals surface area contributed by atoms with Crippen molar-refractivity contribution in [2.45, 2.75) is 19.8 Å². The van der Waals surface area contributed by atoms with E-state index < -0.39 is 6.09 Å². The van der Waals surface area contributed by atoms with Gasteiger partial charge in [-0.25, -0.2) is 4.79 Å². The van der Waals surface area contributed by atoms with Gasteiger partial charge in [-0.05, 0) is 49.1 Å². The molecule has 1 aliphatic rings. The minimum Gasteiger partial charge on any atom is -0.450 e. The van der Waals surface area contributed by atoms with Crippen LogP contribution in [0.15, 0.2) is 42.5 Å². The lowest BCUT2D eigenvalue weighted by atomic mass is 10.0. The lowest BCUT2D eigenvalue weighted by Crippen LogP contribution is -2.41. The summed E-state index contributed by atoms with van der Waals surface area (Å²) in [5, 5.41) is 21.3. The number of amides is 2. The summed E-state index contributed by atoms with van der Waals surface area (Å²) < 4.78 is 4.97. The first-order valence-corrected chi connectivity index (χ1v) is 10.5. The van der Waals surface area contributed by atoms with Gasteiger partial charge in [0.05, 0.1) is 37.7 Å². The average Bonchev–Trinajstić information content (AvgIpc) is 2.91. The van der Waals surface area contributed by atoms with Gasteiger partial charge in [0.2, 0.25) is 5.91 Å². The van der Waals surface area contributed by atoms with Crippen molar-refractivity contribution in [1.29, 1.82) is 0 Å². The molecule has 0 aromatic heterocycles. The molecule has 31 heavy (non-hydrogen) atoms. The maximum absolute atomic E-state index is 13.5. The van der Waals surface area contributed by atoms with Gasteiger partial charge in [0.15, 0.2) is 0 Å². The van der Waals surface area contributed by atoms with Crippen molar-refractivity contribution in [2.24, 2.45) is 0 Å². The molecule has 0 atom stereocenters. The van der Waals surface area contributed by atoms with Crippen molar-refractivity contribution in [2.75, 3.05) is 49.7 Å². The van der Waals surface area contributed by atoms with E-state index in [0.29, 0.717) is 24.5 Å². The maximum atomic E-state index is 13.5. The molecule has 2 aromatic carbocycles. The number of aliphatic hydroxyl groups is 2. The SMILES string of the molecule is CCOC(=O)Nc1ccc2c(c1)N(C(=O)CN(CCO)CCO)c1ccccc1CC2. The number of carbonyl (C=O) groups is 2. The second kappa shape index (κ2) is 10.9. The number of ether oxygens (including phenoxy) is 1. The zero-order valence-corrected chi connectivity index (χ0v) is 17.7. The van der Waals surface area contributed by atoms with Gasteiger partial charge < -0.3 is 14.9 Å². The van der Waals surface area contributed by atoms with Crippen LogP contribution in [-0.2, 0) is 22.4 Å². The highest BCUT2D eigenvalue weighted by atomic mass is 16.5. The molecule has 0 fully saturated rings. The van der Waals surface area contributed by atoms with E-state index in [-0.39, 0.29) is 32.3 Å². The Bertz CT molecular complexity index is 912. The summed E-state index contributed by atoms with van der Waals surface area (Å²) in [5.41, 5.74) is 4.10. The molecule has 0 aliphatic carbocycles. The molecule has 1 aliphatic heterocycles. The Labute approximate surface area is 182 Å². The minimum absolute atomic E-state index is 0.0461. The Morgan fingerprint density at radius 1 is 1.03 bits per heavy atom. The standard InChI is InChI=1S/C23H29N3O5/c1-2-31-23(30)24-19-10-9-18-8-7-17-5-3-4-6-20(17)26(21(18)15-19)22(29)16-25(11-13-27)12-14-28/h3-6,9-10,15,27-28H,2,7-8,11-14,16H2,1H3,(H,24,30). The molecule has 0 unspecified atom stereocenters. The third-order valence-electron chi connectivity index (χ3n) is 5.18. The molecule has 8 heteroatoms. The second-order valence-electron chi connectivity index (χ2n) is 7.27. The van der Waals surface area contributed by atoms with Crippen LogP contribution in [0.5, 0.6) is 0 Å². The van der Waals surface area contributed by atoms with Gasteiger partial charge in [-0.3, -0.25) is 19.9 Å². The average molecular weight is 428 g/mol. The highest BCUT2D eigenvalue weighted by Gasteiger charge is 2.27. The summed E-state index contributed by atoms with van der Waals surface area (Å²) >= 11 is 0. The number of nitrogens with one attached hydrogen (secondary N) is 1. The van der Waals surface area contributed by atoms with E-state index in [2.05, 4.69) is 5.32 Å². The quantitative estimate of drug-likeness (QED) is 0.598. The first kappa shape index (κ1) is 22.7. The predicted molar refractivity (Wildman–Crippen MR) is 119 cm³/mol. The molecule has 3 N–H and O–H groups in total. The van der Waals surface area contributed by atoms with Crippen LogP contribution in [-0.4, -0.2) is 66.6 Å². The highest BCUT2D eigenvalue weighted by molar-refractivity contribution is 6.04. The first-order valence-electron chi connectivity index (χ1n) is 10.5. The number of nitrogens with zero attached hydrogens (tertiary/aromatic N) is 2. The van der Waals surface area contributed by atoms with Gasteiger partial charge in [0, 0.05) is 18.8 Å². The highest BCUT2D eigenvalue weighted by Crippen LogP contribution is 2.37. The number of para-hydroxylation sites is 1. The number of aryl methyl sites for hydroxylation is 2. The first-order chi connectivity index (χ1) is 15.1. The summed E-state index contributed by atoms with van der Waals surface area (Å²) in [7, 11) is 0. The van der Waals surface area contributed by atoms with E-state index in [1.807, 2.05) is 30.3 Å². The molecule has 3 rings (SSSR count). The molecule has 2 amide bonds. The zero-order chi connectivity index (χ0) is 22.2. The van der Waals surface area contributed by atoms with E-state index in [9.17, 15) is 19.8 Å². The molecule has 0 radical (unpaired) electrons. The molecule has 8 nitrogen and oxygen atoms in total. The van der Waals surface area contributed by atoms with Crippen LogP contribution in [0.3, 0.4) is 0 Å². The maximum Gasteiger partial charge on any atom is 0.411 e. The van der Waals surface area contributed by atoms with E-state index >= 15 is 0 Å². The number of anilines is 3. The normalized spacial score (nSPS) is 12.7. The van der Waals surface area contributed by atoms with Crippen LogP contribution < -0.4 is 10.2 Å². The van der Waals surface area contributed by atoms with E-state index in [0.717, 1.165) is 29.7 Å². The summed E-state index contributed by atoms with van der Waals surface area (Å²) in [5.74, 6) is -0.175. The van der Waals surface area contributed by atoms with Crippen LogP contribution >= 0.6 is 0 Å². The molecule has 1 heterocycles. The molecular formula is C23H29N3O5. The van der Waals surface area contributed by atoms with Crippen LogP contribution in [0, 0.1) is 0 Å². The van der Waals surface area contributed by atoms with Crippen LogP contribution in [0.1, 0.15) is 18.1 Å². The Morgan fingerprint density at radius 2 is 1.71 bits per heavy atom. The summed E-state index contributed by atoms with van der Waals surface area (Å²) in [6, 6.07) is 13.3. The number of hydrogen-bond acceptors (Lipinski definition) is 6. The van der Waals surface area contributed by atoms with Crippen molar-refractivity contribution < 1.29 is 24.5 Å². The topological polar surface area (TPSA) is 102 Å². The number of benzene rings is 2. The van der Waals surface area contributed by atoms with E-state index in [4.69, 9.17) is 4.74 Å². The molecule has 166 valence electrons. The second-order valence-corrected chi connectivity index (χ2v) is 7.27. The van der Waals surface area contributed by atoms with Crippen molar-refractivity contribution in [3.05, 3.63) is 53.6 Å². The smallest absolute Gasteiger partial charge is 0.411 e. The van der Waals surface area contributed by atoms with E-state index in [1.54, 1.807) is 28.9 Å². The Kier molecular flexibility index (Phi) is 8.00. The van der Waals surface area contributed by atoms with Crippen molar-refractivity contribution in [3.63, 3.8) is 0 Å². The van der Waals surface area contributed by atoms with Crippen molar-refractivity contribution >= 4 is 29.1 Å². The Hall–Kier alpha value is -2.94. The number of hydrogen-bond donors (Lipinski definition) is 3. The van der Waals surface area contributed by atoms with Gasteiger partial charge in [-0.15, -0.1) is 0 Å². The lowest BCUT2D eigenvalue weighted by Gasteiger charge is -2.28. The van der Waals surface area contributed by atoms with Gasteiger partial charge >= 0.3 is 6.09 Å². The monoisotopic (exact) mass is 427 g/mol. The van der Waals surface area contributed by atoms with E-state index in [1.165, 1.54) is 0 Å². The fourth-order valence-corrected chi connectivity index (χ4v) is 3.77. The Balaban J connectivity index is 1.99. The fourth-order valence-electron chi connectivity index (χ4n) is 3.77. The molecular weight excluding hydrogens is 398 g/mol. The zero-order valence-electron chi connectivity index (χ0n) is 17.7. The molecule has 0 bridgehead atoms. The van der Waals surface area contributed by atoms with Gasteiger partial charge in [-0.1, -0.05) is 24.3 Å². The molecule has 2 aromatic rings. The number of aliphatic hydroxyl groups excluding tert-OH is 2. The van der Waals surface area contributed by atoms with Crippen LogP contribution in [0.4, 0.5) is 21.9 Å². The minimum atomic E-state index is -0.550. The third-order valence-corrected chi connectivity index (χ3v) is 5.18. The molecule has 0 saturated heterocycles. The largest absolute Gasteiger partial charge is 0.450 e. The van der Waals surface area contributed by atoms with Gasteiger partial charge in [0.25, 0.3) is 0 Å². The summed E-state index contributed by atoms with van der Waals surface area (Å²) in [4.78, 5) is 28.8. The fraction of sp³-hybridized carbons (Fsp3) is 0.391. The number of fused-ring (bicyclic) bond motifs is 2. The van der Waals surface area contributed by atoms with Crippen molar-refractivity contribution in [3.8, 4) is 0 Å². The summed E-state index contributed by atoms with van der Waals surface area (Å²) in [6.45, 7) is 2.42. The molecule has 0 spiro atoms. The number of carbonyl (C=O) groups excluding carboxylic acids is 2. The number of rotatable bonds is 8. The van der Waals surface area contributed by atoms with Crippen LogP contribution in [0.25, 0.3) is 0 Å². The molecule has 0 saturated carbocycles. The van der Waals surface area contributed by atoms with Gasteiger partial charge in [0.1, 0.15) is 0 Å². The van der Waals surface area contributed by atoms with Crippen LogP contribution in [0.2, 0.25) is 0 Å². The third kappa shape index (κ3) is 5.61. The van der Waals surface area contributed by atoms with Crippen molar-refractivity contribution in [1.82, 2.24) is 4.90 Å². The lowest BCUT2D eigenvalue weighted by molar-refractivity contribution is -0.119. The summed E-state index contributed by atoms with van der Waals surface area (Å²) in [6.07, 6.45) is 0.993. The predicted octanol–water partition coefficient (Wildman–Crippen LogP) is 2.30. The Morgan fingerprint density at radius 3 is 2.39 bits per heavy atom.